The van der Waals surface area contributed by atoms with Crippen molar-refractivity contribution in [1.82, 2.24) is 4.98 Å². The molecular weight excluding hydrogens is 306 g/mol. The Bertz CT molecular complexity index is 647. The highest BCUT2D eigenvalue weighted by Gasteiger charge is 2.14. The zero-order chi connectivity index (χ0) is 14.7. The van der Waals surface area contributed by atoms with Crippen LogP contribution in [0.2, 0.25) is 5.15 Å². The molecule has 7 heteroatoms. The number of hydrogen-bond acceptors (Lipinski definition) is 4. The molecule has 0 radical (unpaired) electrons. The lowest BCUT2D eigenvalue weighted by Gasteiger charge is -2.12. The van der Waals surface area contributed by atoms with Gasteiger partial charge < -0.3 is 5.32 Å². The summed E-state index contributed by atoms with van der Waals surface area (Å²) in [5, 5.41) is 3.06. The minimum Gasteiger partial charge on any atom is -0.350 e. The third-order valence-corrected chi connectivity index (χ3v) is 3.45. The maximum absolute atomic E-state index is 13.6. The summed E-state index contributed by atoms with van der Waals surface area (Å²) in [5.41, 5.74) is -0.0922. The second-order valence-corrected chi connectivity index (χ2v) is 4.94. The van der Waals surface area contributed by atoms with Gasteiger partial charge in [0.15, 0.2) is 6.29 Å². The Morgan fingerprint density at radius 2 is 2.00 bits per heavy atom. The van der Waals surface area contributed by atoms with Crippen molar-refractivity contribution < 1.29 is 13.6 Å². The number of rotatable bonds is 4. The van der Waals surface area contributed by atoms with Crippen LogP contribution in [-0.4, -0.2) is 17.5 Å². The summed E-state index contributed by atoms with van der Waals surface area (Å²) in [4.78, 5) is 15.0. The molecule has 2 rings (SSSR count). The molecule has 104 valence electrons. The van der Waals surface area contributed by atoms with Gasteiger partial charge in [-0.25, -0.2) is 13.8 Å². The summed E-state index contributed by atoms with van der Waals surface area (Å²) in [6.45, 7) is 0. The van der Waals surface area contributed by atoms with E-state index in [2.05, 4.69) is 10.3 Å². The van der Waals surface area contributed by atoms with Crippen LogP contribution in [0.25, 0.3) is 0 Å². The van der Waals surface area contributed by atoms with Crippen molar-refractivity contribution in [2.75, 3.05) is 11.6 Å². The van der Waals surface area contributed by atoms with Crippen LogP contribution in [0, 0.1) is 11.6 Å². The Morgan fingerprint density at radius 1 is 1.35 bits per heavy atom. The van der Waals surface area contributed by atoms with E-state index >= 15 is 0 Å². The van der Waals surface area contributed by atoms with E-state index in [-0.39, 0.29) is 22.1 Å². The van der Waals surface area contributed by atoms with Crippen LogP contribution in [0.15, 0.2) is 29.3 Å². The van der Waals surface area contributed by atoms with Gasteiger partial charge in [0, 0.05) is 0 Å². The number of para-hydroxylation sites is 1. The number of aromatic nitrogens is 1. The standard InChI is InChI=1S/C13H9ClF2N2OS/c1-20-11-5-10(7(6-19)13(14)18-11)17-12-8(15)3-2-4-9(12)16/h2-6H,1H3,(H,17,18). The average Bonchev–Trinajstić information content (AvgIpc) is 2.42. The molecule has 0 aliphatic heterocycles. The van der Waals surface area contributed by atoms with Gasteiger partial charge in [0.1, 0.15) is 22.5 Å². The maximum atomic E-state index is 13.6. The van der Waals surface area contributed by atoms with E-state index in [1.807, 2.05) is 0 Å². The molecule has 0 aliphatic rings. The topological polar surface area (TPSA) is 42.0 Å². The molecule has 0 spiro atoms. The number of aldehydes is 1. The number of nitrogens with zero attached hydrogens (tertiary/aromatic N) is 1. The van der Waals surface area contributed by atoms with Crippen molar-refractivity contribution in [3.8, 4) is 0 Å². The molecule has 3 nitrogen and oxygen atoms in total. The smallest absolute Gasteiger partial charge is 0.155 e. The molecule has 1 N–H and O–H groups in total. The van der Waals surface area contributed by atoms with Crippen LogP contribution in [0.1, 0.15) is 10.4 Å². The first kappa shape index (κ1) is 14.7. The number of carbonyl (C=O) groups is 1. The van der Waals surface area contributed by atoms with Crippen LogP contribution in [0.4, 0.5) is 20.2 Å². The molecule has 1 aromatic heterocycles. The summed E-state index contributed by atoms with van der Waals surface area (Å²) >= 11 is 7.17. The number of hydrogen-bond donors (Lipinski definition) is 1. The number of benzene rings is 1. The second kappa shape index (κ2) is 6.19. The van der Waals surface area contributed by atoms with Crippen molar-refractivity contribution >= 4 is 41.0 Å². The third-order valence-electron chi connectivity index (χ3n) is 2.54. The van der Waals surface area contributed by atoms with E-state index in [0.717, 1.165) is 12.1 Å². The van der Waals surface area contributed by atoms with Crippen LogP contribution in [0.5, 0.6) is 0 Å². The van der Waals surface area contributed by atoms with Crippen molar-refractivity contribution in [3.63, 3.8) is 0 Å². The van der Waals surface area contributed by atoms with Gasteiger partial charge in [-0.15, -0.1) is 11.8 Å². The zero-order valence-electron chi connectivity index (χ0n) is 10.3. The number of thioether (sulfide) groups is 1. The predicted molar refractivity (Wildman–Crippen MR) is 76.1 cm³/mol. The highest BCUT2D eigenvalue weighted by Crippen LogP contribution is 2.30. The Morgan fingerprint density at radius 3 is 2.55 bits per heavy atom. The van der Waals surface area contributed by atoms with E-state index in [1.54, 1.807) is 6.26 Å². The number of halogens is 3. The quantitative estimate of drug-likeness (QED) is 0.519. The third kappa shape index (κ3) is 2.91. The lowest BCUT2D eigenvalue weighted by molar-refractivity contribution is 0.112. The summed E-state index contributed by atoms with van der Waals surface area (Å²) in [5.74, 6) is -1.53. The number of anilines is 2. The summed E-state index contributed by atoms with van der Waals surface area (Å²) < 4.78 is 27.2. The van der Waals surface area contributed by atoms with Crippen molar-refractivity contribution in [2.45, 2.75) is 5.03 Å². The predicted octanol–water partition coefficient (Wildman–Crippen LogP) is 4.29. The van der Waals surface area contributed by atoms with E-state index in [0.29, 0.717) is 11.3 Å². The zero-order valence-corrected chi connectivity index (χ0v) is 11.9. The van der Waals surface area contributed by atoms with Crippen molar-refractivity contribution in [1.29, 1.82) is 0 Å². The van der Waals surface area contributed by atoms with E-state index in [9.17, 15) is 13.6 Å². The van der Waals surface area contributed by atoms with Crippen LogP contribution in [-0.2, 0) is 0 Å². The van der Waals surface area contributed by atoms with Gasteiger partial charge in [-0.2, -0.15) is 0 Å². The molecular formula is C13H9ClF2N2OS. The highest BCUT2D eigenvalue weighted by atomic mass is 35.5. The molecule has 1 heterocycles. The average molecular weight is 315 g/mol. The molecule has 0 bridgehead atoms. The summed E-state index contributed by atoms with van der Waals surface area (Å²) in [6, 6.07) is 4.99. The largest absolute Gasteiger partial charge is 0.350 e. The number of pyridine rings is 1. The Labute approximate surface area is 123 Å². The van der Waals surface area contributed by atoms with Crippen LogP contribution in [0.3, 0.4) is 0 Å². The van der Waals surface area contributed by atoms with Crippen molar-refractivity contribution in [2.24, 2.45) is 0 Å². The summed E-state index contributed by atoms with van der Waals surface area (Å²) in [6.07, 6.45) is 2.26. The minimum atomic E-state index is -0.763. The van der Waals surface area contributed by atoms with Gasteiger partial charge in [-0.05, 0) is 24.5 Å². The highest BCUT2D eigenvalue weighted by molar-refractivity contribution is 7.98. The second-order valence-electron chi connectivity index (χ2n) is 3.76. The minimum absolute atomic E-state index is 0.0221. The van der Waals surface area contributed by atoms with Crippen LogP contribution >= 0.6 is 23.4 Å². The van der Waals surface area contributed by atoms with Gasteiger partial charge >= 0.3 is 0 Å². The van der Waals surface area contributed by atoms with E-state index < -0.39 is 11.6 Å². The SMILES string of the molecule is CSc1cc(Nc2c(F)cccc2F)c(C=O)c(Cl)n1. The monoisotopic (exact) mass is 314 g/mol. The Balaban J connectivity index is 2.52. The Kier molecular flexibility index (Phi) is 4.57. The molecule has 0 saturated carbocycles. The molecule has 1 aromatic carbocycles. The van der Waals surface area contributed by atoms with Crippen molar-refractivity contribution in [3.05, 3.63) is 46.6 Å². The first-order valence-corrected chi connectivity index (χ1v) is 7.07. The molecule has 0 unspecified atom stereocenters. The fourth-order valence-corrected chi connectivity index (χ4v) is 2.28. The number of nitrogens with one attached hydrogen (secondary N) is 1. The lowest BCUT2D eigenvalue weighted by atomic mass is 10.2. The van der Waals surface area contributed by atoms with Gasteiger partial charge in [0.2, 0.25) is 0 Å². The maximum Gasteiger partial charge on any atom is 0.155 e. The van der Waals surface area contributed by atoms with E-state index in [1.165, 1.54) is 23.9 Å². The number of carbonyl (C=O) groups excluding carboxylic acids is 1. The molecule has 0 aliphatic carbocycles. The van der Waals surface area contributed by atoms with Gasteiger partial charge in [0.25, 0.3) is 0 Å². The molecule has 2 aromatic rings. The molecule has 0 atom stereocenters. The van der Waals surface area contributed by atoms with Gasteiger partial charge in [0.05, 0.1) is 16.3 Å². The van der Waals surface area contributed by atoms with Gasteiger partial charge in [-0.3, -0.25) is 4.79 Å². The Hall–Kier alpha value is -1.66. The molecule has 20 heavy (non-hydrogen) atoms. The molecule has 0 amide bonds. The fourth-order valence-electron chi connectivity index (χ4n) is 1.57. The first-order chi connectivity index (χ1) is 9.56. The van der Waals surface area contributed by atoms with Gasteiger partial charge in [-0.1, -0.05) is 17.7 Å². The van der Waals surface area contributed by atoms with E-state index in [4.69, 9.17) is 11.6 Å². The van der Waals surface area contributed by atoms with Crippen LogP contribution < -0.4 is 5.32 Å². The molecule has 0 saturated heterocycles. The molecule has 0 fully saturated rings. The lowest BCUT2D eigenvalue weighted by Crippen LogP contribution is -2.02. The summed E-state index contributed by atoms with van der Waals surface area (Å²) in [7, 11) is 0. The fraction of sp³-hybridized carbons (Fsp3) is 0.0769. The first-order valence-electron chi connectivity index (χ1n) is 5.47. The normalized spacial score (nSPS) is 10.4.